The topological polar surface area (TPSA) is 39.7 Å². The van der Waals surface area contributed by atoms with Crippen molar-refractivity contribution in [3.8, 4) is 11.5 Å². The molecule has 1 heterocycles. The summed E-state index contributed by atoms with van der Waals surface area (Å²) in [6.45, 7) is 2.61. The van der Waals surface area contributed by atoms with Gasteiger partial charge in [0.25, 0.3) is 0 Å². The molecule has 1 aliphatic heterocycles. The van der Waals surface area contributed by atoms with Gasteiger partial charge < -0.3 is 19.5 Å². The maximum absolute atomic E-state index is 5.47. The first-order valence-electron chi connectivity index (χ1n) is 6.85. The minimum absolute atomic E-state index is 0.551. The molecule has 19 heavy (non-hydrogen) atoms. The Labute approximate surface area is 115 Å². The normalized spacial score (nSPS) is 19.8. The van der Waals surface area contributed by atoms with Crippen molar-refractivity contribution in [1.82, 2.24) is 5.32 Å². The van der Waals surface area contributed by atoms with Crippen molar-refractivity contribution in [3.63, 3.8) is 0 Å². The van der Waals surface area contributed by atoms with E-state index in [0.717, 1.165) is 44.1 Å². The highest BCUT2D eigenvalue weighted by atomic mass is 16.5. The Morgan fingerprint density at radius 1 is 1.16 bits per heavy atom. The summed E-state index contributed by atoms with van der Waals surface area (Å²) in [5.74, 6) is 1.56. The molecule has 0 bridgehead atoms. The molecule has 4 heteroatoms. The lowest BCUT2D eigenvalue weighted by Gasteiger charge is -2.16. The summed E-state index contributed by atoms with van der Waals surface area (Å²) in [7, 11) is 3.32. The van der Waals surface area contributed by atoms with Crippen molar-refractivity contribution in [1.29, 1.82) is 0 Å². The van der Waals surface area contributed by atoms with Gasteiger partial charge in [0.15, 0.2) is 11.5 Å². The van der Waals surface area contributed by atoms with Crippen LogP contribution in [0, 0.1) is 0 Å². The van der Waals surface area contributed by atoms with Crippen LogP contribution in [0.3, 0.4) is 0 Å². The summed E-state index contributed by atoms with van der Waals surface area (Å²) < 4.78 is 16.0. The van der Waals surface area contributed by atoms with Gasteiger partial charge in [-0.3, -0.25) is 0 Å². The highest BCUT2D eigenvalue weighted by molar-refractivity contribution is 5.42. The van der Waals surface area contributed by atoms with E-state index in [1.165, 1.54) is 12.0 Å². The van der Waals surface area contributed by atoms with Crippen molar-refractivity contribution in [2.45, 2.75) is 31.8 Å². The van der Waals surface area contributed by atoms with Gasteiger partial charge >= 0.3 is 0 Å². The van der Waals surface area contributed by atoms with Crippen molar-refractivity contribution >= 4 is 0 Å². The molecule has 106 valence electrons. The van der Waals surface area contributed by atoms with Crippen LogP contribution in [0.15, 0.2) is 18.2 Å². The summed E-state index contributed by atoms with van der Waals surface area (Å²) >= 11 is 0. The number of benzene rings is 1. The molecule has 2 rings (SSSR count). The number of nitrogens with one attached hydrogen (secondary N) is 1. The molecule has 0 radical (unpaired) electrons. The Kier molecular flexibility index (Phi) is 5.48. The fourth-order valence-corrected chi connectivity index (χ4v) is 2.36. The SMILES string of the molecule is COc1ccc(CNC2CCCOCC2)cc1OC. The first-order valence-corrected chi connectivity index (χ1v) is 6.85. The lowest BCUT2D eigenvalue weighted by Crippen LogP contribution is -2.28. The van der Waals surface area contributed by atoms with E-state index in [1.807, 2.05) is 12.1 Å². The second-order valence-electron chi connectivity index (χ2n) is 4.81. The zero-order valence-corrected chi connectivity index (χ0v) is 11.8. The van der Waals surface area contributed by atoms with Crippen LogP contribution in [0.25, 0.3) is 0 Å². The van der Waals surface area contributed by atoms with Crippen LogP contribution < -0.4 is 14.8 Å². The van der Waals surface area contributed by atoms with E-state index in [0.29, 0.717) is 6.04 Å². The maximum atomic E-state index is 5.47. The Bertz CT molecular complexity index is 387. The van der Waals surface area contributed by atoms with Gasteiger partial charge in [0.1, 0.15) is 0 Å². The summed E-state index contributed by atoms with van der Waals surface area (Å²) in [4.78, 5) is 0. The first kappa shape index (κ1) is 14.2. The van der Waals surface area contributed by atoms with E-state index in [-0.39, 0.29) is 0 Å². The van der Waals surface area contributed by atoms with Crippen LogP contribution in [0.1, 0.15) is 24.8 Å². The van der Waals surface area contributed by atoms with Gasteiger partial charge in [-0.1, -0.05) is 6.07 Å². The molecule has 0 saturated carbocycles. The van der Waals surface area contributed by atoms with E-state index in [1.54, 1.807) is 14.2 Å². The van der Waals surface area contributed by atoms with Crippen molar-refractivity contribution in [2.75, 3.05) is 27.4 Å². The third-order valence-electron chi connectivity index (χ3n) is 3.49. The monoisotopic (exact) mass is 265 g/mol. The quantitative estimate of drug-likeness (QED) is 0.887. The molecule has 1 atom stereocenters. The van der Waals surface area contributed by atoms with Gasteiger partial charge in [0.05, 0.1) is 14.2 Å². The van der Waals surface area contributed by atoms with Gasteiger partial charge in [-0.2, -0.15) is 0 Å². The van der Waals surface area contributed by atoms with E-state index in [2.05, 4.69) is 11.4 Å². The van der Waals surface area contributed by atoms with Gasteiger partial charge in [-0.15, -0.1) is 0 Å². The van der Waals surface area contributed by atoms with Gasteiger partial charge in [0, 0.05) is 25.8 Å². The number of hydrogen-bond acceptors (Lipinski definition) is 4. The van der Waals surface area contributed by atoms with Crippen LogP contribution in [0.2, 0.25) is 0 Å². The van der Waals surface area contributed by atoms with Crippen molar-refractivity contribution < 1.29 is 14.2 Å². The molecule has 1 aromatic carbocycles. The average molecular weight is 265 g/mol. The molecular weight excluding hydrogens is 242 g/mol. The van der Waals surface area contributed by atoms with Gasteiger partial charge in [-0.05, 0) is 37.0 Å². The Morgan fingerprint density at radius 2 is 2.00 bits per heavy atom. The van der Waals surface area contributed by atoms with Crippen LogP contribution in [-0.4, -0.2) is 33.5 Å². The van der Waals surface area contributed by atoms with E-state index < -0.39 is 0 Å². The van der Waals surface area contributed by atoms with Crippen molar-refractivity contribution in [2.24, 2.45) is 0 Å². The molecule has 0 aromatic heterocycles. The molecule has 1 fully saturated rings. The Hall–Kier alpha value is -1.26. The molecule has 1 saturated heterocycles. The standard InChI is InChI=1S/C15H23NO3/c1-17-14-6-5-12(10-15(14)18-2)11-16-13-4-3-8-19-9-7-13/h5-6,10,13,16H,3-4,7-9,11H2,1-2H3. The minimum Gasteiger partial charge on any atom is -0.493 e. The largest absolute Gasteiger partial charge is 0.493 e. The molecule has 0 spiro atoms. The third kappa shape index (κ3) is 4.11. The summed E-state index contributed by atoms with van der Waals surface area (Å²) in [6, 6.07) is 6.60. The molecule has 1 N–H and O–H groups in total. The summed E-state index contributed by atoms with van der Waals surface area (Å²) in [6.07, 6.45) is 3.42. The smallest absolute Gasteiger partial charge is 0.161 e. The lowest BCUT2D eigenvalue weighted by atomic mass is 10.1. The molecular formula is C15H23NO3. The number of hydrogen-bond donors (Lipinski definition) is 1. The highest BCUT2D eigenvalue weighted by Gasteiger charge is 2.12. The second kappa shape index (κ2) is 7.36. The van der Waals surface area contributed by atoms with E-state index in [4.69, 9.17) is 14.2 Å². The van der Waals surface area contributed by atoms with Gasteiger partial charge in [-0.25, -0.2) is 0 Å². The molecule has 1 aliphatic rings. The highest BCUT2D eigenvalue weighted by Crippen LogP contribution is 2.27. The molecule has 0 amide bonds. The number of methoxy groups -OCH3 is 2. The maximum Gasteiger partial charge on any atom is 0.161 e. The Balaban J connectivity index is 1.91. The molecule has 4 nitrogen and oxygen atoms in total. The predicted molar refractivity (Wildman–Crippen MR) is 74.8 cm³/mol. The lowest BCUT2D eigenvalue weighted by molar-refractivity contribution is 0.142. The Morgan fingerprint density at radius 3 is 2.79 bits per heavy atom. The second-order valence-corrected chi connectivity index (χ2v) is 4.81. The fourth-order valence-electron chi connectivity index (χ4n) is 2.36. The minimum atomic E-state index is 0.551. The number of ether oxygens (including phenoxy) is 3. The van der Waals surface area contributed by atoms with Crippen molar-refractivity contribution in [3.05, 3.63) is 23.8 Å². The molecule has 1 unspecified atom stereocenters. The molecule has 1 aromatic rings. The van der Waals surface area contributed by atoms with Crippen LogP contribution in [-0.2, 0) is 11.3 Å². The van der Waals surface area contributed by atoms with Crippen LogP contribution >= 0.6 is 0 Å². The van der Waals surface area contributed by atoms with Crippen LogP contribution in [0.4, 0.5) is 0 Å². The van der Waals surface area contributed by atoms with E-state index in [9.17, 15) is 0 Å². The van der Waals surface area contributed by atoms with Crippen LogP contribution in [0.5, 0.6) is 11.5 Å². The predicted octanol–water partition coefficient (Wildman–Crippen LogP) is 2.36. The fraction of sp³-hybridized carbons (Fsp3) is 0.600. The summed E-state index contributed by atoms with van der Waals surface area (Å²) in [5, 5.41) is 3.59. The zero-order valence-electron chi connectivity index (χ0n) is 11.8. The molecule has 0 aliphatic carbocycles. The zero-order chi connectivity index (χ0) is 13.5. The number of rotatable bonds is 5. The van der Waals surface area contributed by atoms with E-state index >= 15 is 0 Å². The van der Waals surface area contributed by atoms with Gasteiger partial charge in [0.2, 0.25) is 0 Å². The summed E-state index contributed by atoms with van der Waals surface area (Å²) in [5.41, 5.74) is 1.21. The average Bonchev–Trinajstić information content (AvgIpc) is 2.73. The third-order valence-corrected chi connectivity index (χ3v) is 3.49. The first-order chi connectivity index (χ1) is 9.33.